The van der Waals surface area contributed by atoms with Crippen LogP contribution in [0.3, 0.4) is 0 Å². The quantitative estimate of drug-likeness (QED) is 0.461. The van der Waals surface area contributed by atoms with E-state index in [2.05, 4.69) is 0 Å². The molecule has 7 heteroatoms. The van der Waals surface area contributed by atoms with Gasteiger partial charge in [0.1, 0.15) is 41.2 Å². The number of benzene rings is 2. The SMILES string of the molecule is O=C(/C=C/c1ccc(COc2ccc(F)c(Cl)c2)o1)c1ccc(O)cc1O. The van der Waals surface area contributed by atoms with Gasteiger partial charge in [-0.05, 0) is 48.6 Å². The molecule has 2 aromatic carbocycles. The highest BCUT2D eigenvalue weighted by Gasteiger charge is 2.09. The standard InChI is InChI=1S/C20H14ClFO5/c21-17-10-14(4-7-18(17)22)26-11-15-3-2-13(27-15)5-8-19(24)16-6-1-12(23)9-20(16)25/h1-10,23,25H,11H2/b8-5+. The average molecular weight is 389 g/mol. The van der Waals surface area contributed by atoms with Crippen LogP contribution >= 0.6 is 11.6 Å². The van der Waals surface area contributed by atoms with Crippen molar-refractivity contribution in [1.82, 2.24) is 0 Å². The molecule has 3 aromatic rings. The van der Waals surface area contributed by atoms with Gasteiger partial charge in [-0.25, -0.2) is 4.39 Å². The molecule has 0 unspecified atom stereocenters. The molecule has 27 heavy (non-hydrogen) atoms. The summed E-state index contributed by atoms with van der Waals surface area (Å²) in [5.74, 6) is -0.107. The lowest BCUT2D eigenvalue weighted by Crippen LogP contribution is -1.94. The fourth-order valence-corrected chi connectivity index (χ4v) is 2.43. The molecule has 0 atom stereocenters. The van der Waals surface area contributed by atoms with E-state index >= 15 is 0 Å². The van der Waals surface area contributed by atoms with Crippen LogP contribution in [0, 0.1) is 5.82 Å². The molecule has 5 nitrogen and oxygen atoms in total. The molecule has 0 spiro atoms. The van der Waals surface area contributed by atoms with E-state index in [0.717, 1.165) is 6.07 Å². The largest absolute Gasteiger partial charge is 0.508 e. The van der Waals surface area contributed by atoms with Gasteiger partial charge < -0.3 is 19.4 Å². The molecule has 1 aromatic heterocycles. The Balaban J connectivity index is 1.62. The van der Waals surface area contributed by atoms with Crippen LogP contribution in [0.2, 0.25) is 5.02 Å². The number of hydrogen-bond donors (Lipinski definition) is 2. The zero-order chi connectivity index (χ0) is 19.4. The van der Waals surface area contributed by atoms with E-state index in [1.165, 1.54) is 42.5 Å². The Bertz CT molecular complexity index is 1010. The second-order valence-corrected chi connectivity index (χ2v) is 5.97. The summed E-state index contributed by atoms with van der Waals surface area (Å²) in [4.78, 5) is 12.1. The average Bonchev–Trinajstić information content (AvgIpc) is 3.08. The van der Waals surface area contributed by atoms with Crippen LogP contribution in [0.1, 0.15) is 21.9 Å². The molecular formula is C20H14ClFO5. The third-order valence-corrected chi connectivity index (χ3v) is 3.89. The first-order valence-electron chi connectivity index (χ1n) is 7.83. The fourth-order valence-electron chi connectivity index (χ4n) is 2.26. The zero-order valence-corrected chi connectivity index (χ0v) is 14.6. The predicted molar refractivity (Wildman–Crippen MR) is 97.6 cm³/mol. The number of allylic oxidation sites excluding steroid dienone is 1. The second kappa shape index (κ2) is 7.97. The number of furan rings is 1. The minimum Gasteiger partial charge on any atom is -0.508 e. The van der Waals surface area contributed by atoms with E-state index in [-0.39, 0.29) is 28.7 Å². The van der Waals surface area contributed by atoms with Gasteiger partial charge >= 0.3 is 0 Å². The molecule has 0 fully saturated rings. The van der Waals surface area contributed by atoms with Crippen LogP contribution < -0.4 is 4.74 Å². The van der Waals surface area contributed by atoms with E-state index in [4.69, 9.17) is 20.8 Å². The lowest BCUT2D eigenvalue weighted by Gasteiger charge is -2.04. The van der Waals surface area contributed by atoms with Gasteiger partial charge in [-0.1, -0.05) is 11.6 Å². The highest BCUT2D eigenvalue weighted by atomic mass is 35.5. The van der Waals surface area contributed by atoms with Gasteiger partial charge in [-0.2, -0.15) is 0 Å². The van der Waals surface area contributed by atoms with Crippen molar-refractivity contribution in [3.63, 3.8) is 0 Å². The van der Waals surface area contributed by atoms with Crippen LogP contribution in [-0.2, 0) is 6.61 Å². The molecule has 2 N–H and O–H groups in total. The number of ether oxygens (including phenoxy) is 1. The summed E-state index contributed by atoms with van der Waals surface area (Å²) < 4.78 is 24.1. The van der Waals surface area contributed by atoms with E-state index < -0.39 is 11.6 Å². The molecule has 3 rings (SSSR count). The number of aromatic hydroxyl groups is 2. The third kappa shape index (κ3) is 4.68. The molecule has 0 aliphatic carbocycles. The fraction of sp³-hybridized carbons (Fsp3) is 0.0500. The topological polar surface area (TPSA) is 79.9 Å². The summed E-state index contributed by atoms with van der Waals surface area (Å²) in [7, 11) is 0. The van der Waals surface area contributed by atoms with Gasteiger partial charge in [-0.3, -0.25) is 4.79 Å². The number of halogens is 2. The van der Waals surface area contributed by atoms with Crippen molar-refractivity contribution in [1.29, 1.82) is 0 Å². The molecule has 0 amide bonds. The summed E-state index contributed by atoms with van der Waals surface area (Å²) in [6.07, 6.45) is 2.70. The minimum atomic E-state index is -0.529. The summed E-state index contributed by atoms with van der Waals surface area (Å²) in [5, 5.41) is 18.9. The lowest BCUT2D eigenvalue weighted by molar-refractivity contribution is 0.104. The number of carbonyl (C=O) groups excluding carboxylic acids is 1. The summed E-state index contributed by atoms with van der Waals surface area (Å²) in [6, 6.07) is 11.1. The maximum Gasteiger partial charge on any atom is 0.189 e. The highest BCUT2D eigenvalue weighted by Crippen LogP contribution is 2.24. The van der Waals surface area contributed by atoms with E-state index in [1.807, 2.05) is 0 Å². The maximum absolute atomic E-state index is 13.1. The Hall–Kier alpha value is -3.25. The van der Waals surface area contributed by atoms with Gasteiger partial charge in [0.2, 0.25) is 0 Å². The zero-order valence-electron chi connectivity index (χ0n) is 13.9. The van der Waals surface area contributed by atoms with Crippen molar-refractivity contribution in [2.45, 2.75) is 6.61 Å². The monoisotopic (exact) mass is 388 g/mol. The third-order valence-electron chi connectivity index (χ3n) is 3.60. The maximum atomic E-state index is 13.1. The first-order chi connectivity index (χ1) is 12.9. The van der Waals surface area contributed by atoms with Crippen molar-refractivity contribution >= 4 is 23.5 Å². The normalized spacial score (nSPS) is 11.0. The van der Waals surface area contributed by atoms with Crippen LogP contribution in [0.4, 0.5) is 4.39 Å². The molecule has 0 radical (unpaired) electrons. The van der Waals surface area contributed by atoms with Crippen molar-refractivity contribution in [2.75, 3.05) is 0 Å². The molecule has 0 bridgehead atoms. The first kappa shape index (κ1) is 18.5. The number of phenols is 2. The lowest BCUT2D eigenvalue weighted by atomic mass is 10.1. The highest BCUT2D eigenvalue weighted by molar-refractivity contribution is 6.30. The van der Waals surface area contributed by atoms with Crippen molar-refractivity contribution in [3.05, 3.63) is 82.5 Å². The molecule has 1 heterocycles. The van der Waals surface area contributed by atoms with E-state index in [0.29, 0.717) is 17.3 Å². The van der Waals surface area contributed by atoms with Crippen LogP contribution in [-0.4, -0.2) is 16.0 Å². The smallest absolute Gasteiger partial charge is 0.189 e. The Morgan fingerprint density at radius 2 is 1.96 bits per heavy atom. The number of carbonyl (C=O) groups is 1. The molecule has 0 aliphatic rings. The van der Waals surface area contributed by atoms with Crippen molar-refractivity contribution < 1.29 is 28.6 Å². The summed E-state index contributed by atoms with van der Waals surface area (Å²) in [5.41, 5.74) is 0.0624. The van der Waals surface area contributed by atoms with Crippen molar-refractivity contribution in [3.8, 4) is 17.2 Å². The van der Waals surface area contributed by atoms with Crippen LogP contribution in [0.25, 0.3) is 6.08 Å². The second-order valence-electron chi connectivity index (χ2n) is 5.57. The van der Waals surface area contributed by atoms with Gasteiger partial charge in [-0.15, -0.1) is 0 Å². The van der Waals surface area contributed by atoms with Crippen LogP contribution in [0.5, 0.6) is 17.2 Å². The minimum absolute atomic E-state index is 0.0356. The summed E-state index contributed by atoms with van der Waals surface area (Å²) >= 11 is 5.69. The molecule has 0 saturated heterocycles. The molecule has 0 saturated carbocycles. The van der Waals surface area contributed by atoms with Crippen LogP contribution in [0.15, 0.2) is 59.0 Å². The number of hydrogen-bond acceptors (Lipinski definition) is 5. The van der Waals surface area contributed by atoms with Gasteiger partial charge in [0.15, 0.2) is 5.78 Å². The van der Waals surface area contributed by atoms with Gasteiger partial charge in [0, 0.05) is 12.1 Å². The number of rotatable bonds is 6. The van der Waals surface area contributed by atoms with Gasteiger partial charge in [0.05, 0.1) is 10.6 Å². The Morgan fingerprint density at radius 1 is 1.15 bits per heavy atom. The summed E-state index contributed by atoms with van der Waals surface area (Å²) in [6.45, 7) is 0.0997. The predicted octanol–water partition coefficient (Wildman–Crippen LogP) is 4.96. The van der Waals surface area contributed by atoms with Crippen molar-refractivity contribution in [2.24, 2.45) is 0 Å². The van der Waals surface area contributed by atoms with E-state index in [9.17, 15) is 19.4 Å². The molecule has 0 aliphatic heterocycles. The Labute approximate surface area is 158 Å². The Kier molecular flexibility index (Phi) is 5.47. The Morgan fingerprint density at radius 3 is 2.70 bits per heavy atom. The number of phenolic OH excluding ortho intramolecular Hbond substituents is 2. The molecular weight excluding hydrogens is 375 g/mol. The number of ketones is 1. The van der Waals surface area contributed by atoms with Gasteiger partial charge in [0.25, 0.3) is 0 Å². The van der Waals surface area contributed by atoms with E-state index in [1.54, 1.807) is 12.1 Å². The first-order valence-corrected chi connectivity index (χ1v) is 8.21. The molecule has 138 valence electrons.